The van der Waals surface area contributed by atoms with Crippen LogP contribution in [0.4, 0.5) is 11.4 Å². The van der Waals surface area contributed by atoms with E-state index >= 15 is 0 Å². The van der Waals surface area contributed by atoms with Gasteiger partial charge < -0.3 is 10.1 Å². The number of carbonyl (C=O) groups is 1. The summed E-state index contributed by atoms with van der Waals surface area (Å²) < 4.78 is 4.64. The van der Waals surface area contributed by atoms with E-state index in [1.807, 2.05) is 13.8 Å². The number of nitrogens with one attached hydrogen (secondary N) is 2. The molecule has 8 nitrogen and oxygen atoms in total. The minimum atomic E-state index is -0.737. The summed E-state index contributed by atoms with van der Waals surface area (Å²) in [5.41, 5.74) is 3.53. The second-order valence-electron chi connectivity index (χ2n) is 5.20. The minimum Gasteiger partial charge on any atom is -0.465 e. The third-order valence-electron chi connectivity index (χ3n) is 3.64. The van der Waals surface area contributed by atoms with Crippen LogP contribution in [0.2, 0.25) is 0 Å². The van der Waals surface area contributed by atoms with Gasteiger partial charge in [0, 0.05) is 29.1 Å². The topological polar surface area (TPSA) is 110 Å². The molecular formula is C15H18N4O4. The van der Waals surface area contributed by atoms with Crippen LogP contribution in [0.15, 0.2) is 12.1 Å². The molecule has 0 aliphatic carbocycles. The number of carbonyl (C=O) groups excluding carboxylic acids is 1. The third-order valence-corrected chi connectivity index (χ3v) is 3.64. The molecule has 2 rings (SSSR count). The van der Waals surface area contributed by atoms with E-state index in [4.69, 9.17) is 0 Å². The number of nitro groups is 1. The van der Waals surface area contributed by atoms with E-state index in [1.165, 1.54) is 13.2 Å². The molecule has 1 heterocycles. The molecule has 0 spiro atoms. The van der Waals surface area contributed by atoms with Crippen LogP contribution < -0.4 is 5.32 Å². The van der Waals surface area contributed by atoms with E-state index < -0.39 is 10.9 Å². The van der Waals surface area contributed by atoms with Crippen molar-refractivity contribution in [2.24, 2.45) is 0 Å². The fraction of sp³-hybridized carbons (Fsp3) is 0.333. The van der Waals surface area contributed by atoms with Crippen LogP contribution in [0.5, 0.6) is 0 Å². The van der Waals surface area contributed by atoms with Gasteiger partial charge in [0.25, 0.3) is 5.69 Å². The van der Waals surface area contributed by atoms with Crippen molar-refractivity contribution in [1.82, 2.24) is 10.2 Å². The number of hydrogen-bond donors (Lipinski definition) is 2. The molecule has 0 aliphatic heterocycles. The van der Waals surface area contributed by atoms with Crippen molar-refractivity contribution in [2.45, 2.75) is 27.3 Å². The Morgan fingerprint density at radius 3 is 2.61 bits per heavy atom. The highest BCUT2D eigenvalue weighted by Gasteiger charge is 2.24. The molecule has 1 aromatic carbocycles. The van der Waals surface area contributed by atoms with Crippen molar-refractivity contribution in [2.75, 3.05) is 12.4 Å². The van der Waals surface area contributed by atoms with Crippen molar-refractivity contribution in [1.29, 1.82) is 0 Å². The summed E-state index contributed by atoms with van der Waals surface area (Å²) in [7, 11) is 1.19. The maximum atomic E-state index is 11.8. The van der Waals surface area contributed by atoms with Gasteiger partial charge in [-0.05, 0) is 32.9 Å². The molecule has 0 saturated carbocycles. The average Bonchev–Trinajstić information content (AvgIpc) is 2.82. The normalized spacial score (nSPS) is 10.4. The number of methoxy groups -OCH3 is 1. The number of nitro benzene ring substituents is 1. The fourth-order valence-corrected chi connectivity index (χ4v) is 2.41. The van der Waals surface area contributed by atoms with Gasteiger partial charge in [-0.1, -0.05) is 0 Å². The van der Waals surface area contributed by atoms with Gasteiger partial charge in [-0.3, -0.25) is 15.2 Å². The van der Waals surface area contributed by atoms with E-state index in [0.717, 1.165) is 17.0 Å². The number of benzene rings is 1. The second-order valence-corrected chi connectivity index (χ2v) is 5.20. The molecule has 0 fully saturated rings. The summed E-state index contributed by atoms with van der Waals surface area (Å²) in [6, 6.07) is 3.07. The maximum absolute atomic E-state index is 11.8. The number of hydrogen-bond acceptors (Lipinski definition) is 6. The highest BCUT2D eigenvalue weighted by molar-refractivity contribution is 5.95. The number of nitrogens with zero attached hydrogens (tertiary/aromatic N) is 2. The lowest BCUT2D eigenvalue weighted by Gasteiger charge is -2.10. The number of aromatic nitrogens is 2. The van der Waals surface area contributed by atoms with E-state index in [0.29, 0.717) is 17.8 Å². The number of aromatic amines is 1. The van der Waals surface area contributed by atoms with Crippen LogP contribution >= 0.6 is 0 Å². The minimum absolute atomic E-state index is 0.0689. The van der Waals surface area contributed by atoms with Gasteiger partial charge in [0.15, 0.2) is 0 Å². The lowest BCUT2D eigenvalue weighted by Crippen LogP contribution is -2.09. The molecule has 0 amide bonds. The SMILES string of the molecule is COC(=O)c1cc(NCc2c(C)n[nH]c2C)cc(C)c1[N+](=O)[O-]. The smallest absolute Gasteiger partial charge is 0.344 e. The predicted octanol–water partition coefficient (Wildman–Crippen LogP) is 2.64. The first kappa shape index (κ1) is 16.5. The molecule has 0 radical (unpaired) electrons. The van der Waals surface area contributed by atoms with Crippen molar-refractivity contribution in [3.63, 3.8) is 0 Å². The van der Waals surface area contributed by atoms with Gasteiger partial charge in [-0.25, -0.2) is 4.79 Å². The van der Waals surface area contributed by atoms with Crippen molar-refractivity contribution < 1.29 is 14.5 Å². The first-order chi connectivity index (χ1) is 10.8. The molecule has 2 N–H and O–H groups in total. The number of aryl methyl sites for hydroxylation is 3. The molecular weight excluding hydrogens is 300 g/mol. The molecule has 122 valence electrons. The van der Waals surface area contributed by atoms with Crippen LogP contribution in [0.1, 0.15) is 32.9 Å². The number of anilines is 1. The van der Waals surface area contributed by atoms with Crippen LogP contribution in [0, 0.1) is 30.9 Å². The molecule has 0 aliphatic rings. The molecule has 23 heavy (non-hydrogen) atoms. The Hall–Kier alpha value is -2.90. The quantitative estimate of drug-likeness (QED) is 0.498. The standard InChI is InChI=1S/C15H18N4O4/c1-8-5-11(16-7-13-9(2)17-18-10(13)3)6-12(15(20)23-4)14(8)19(21)22/h5-6,16H,7H2,1-4H3,(H,17,18). The maximum Gasteiger partial charge on any atom is 0.344 e. The highest BCUT2D eigenvalue weighted by Crippen LogP contribution is 2.28. The second kappa shape index (κ2) is 6.47. The average molecular weight is 318 g/mol. The first-order valence-corrected chi connectivity index (χ1v) is 6.96. The lowest BCUT2D eigenvalue weighted by molar-refractivity contribution is -0.385. The molecule has 0 saturated heterocycles. The van der Waals surface area contributed by atoms with E-state index in [9.17, 15) is 14.9 Å². The molecule has 0 unspecified atom stereocenters. The van der Waals surface area contributed by atoms with Gasteiger partial charge in [-0.15, -0.1) is 0 Å². The summed E-state index contributed by atoms with van der Waals surface area (Å²) in [6.45, 7) is 5.88. The Labute approximate surface area is 133 Å². The molecule has 1 aromatic heterocycles. The zero-order chi connectivity index (χ0) is 17.1. The van der Waals surface area contributed by atoms with Crippen LogP contribution in [-0.4, -0.2) is 28.2 Å². The van der Waals surface area contributed by atoms with Crippen LogP contribution in [-0.2, 0) is 11.3 Å². The van der Waals surface area contributed by atoms with Gasteiger partial charge in [0.05, 0.1) is 17.7 Å². The predicted molar refractivity (Wildman–Crippen MR) is 84.6 cm³/mol. The van der Waals surface area contributed by atoms with E-state index in [2.05, 4.69) is 20.3 Å². The van der Waals surface area contributed by atoms with Gasteiger partial charge in [0.2, 0.25) is 0 Å². The van der Waals surface area contributed by atoms with Crippen LogP contribution in [0.3, 0.4) is 0 Å². The third kappa shape index (κ3) is 3.31. The summed E-state index contributed by atoms with van der Waals surface area (Å²) in [6.07, 6.45) is 0. The van der Waals surface area contributed by atoms with E-state index in [1.54, 1.807) is 13.0 Å². The Bertz CT molecular complexity index is 748. The van der Waals surface area contributed by atoms with Gasteiger partial charge in [0.1, 0.15) is 5.56 Å². The molecule has 0 atom stereocenters. The summed E-state index contributed by atoms with van der Waals surface area (Å²) in [5, 5.41) is 21.3. The zero-order valence-corrected chi connectivity index (χ0v) is 13.4. The van der Waals surface area contributed by atoms with Crippen molar-refractivity contribution in [3.8, 4) is 0 Å². The fourth-order valence-electron chi connectivity index (χ4n) is 2.41. The Morgan fingerprint density at radius 1 is 1.39 bits per heavy atom. The number of H-pyrrole nitrogens is 1. The highest BCUT2D eigenvalue weighted by atomic mass is 16.6. The van der Waals surface area contributed by atoms with E-state index in [-0.39, 0.29) is 11.3 Å². The van der Waals surface area contributed by atoms with Gasteiger partial charge in [-0.2, -0.15) is 5.10 Å². The van der Waals surface area contributed by atoms with Gasteiger partial charge >= 0.3 is 5.97 Å². The van der Waals surface area contributed by atoms with Crippen LogP contribution in [0.25, 0.3) is 0 Å². The summed E-state index contributed by atoms with van der Waals surface area (Å²) in [5.74, 6) is -0.737. The summed E-state index contributed by atoms with van der Waals surface area (Å²) in [4.78, 5) is 22.4. The lowest BCUT2D eigenvalue weighted by atomic mass is 10.1. The number of rotatable bonds is 5. The monoisotopic (exact) mass is 318 g/mol. The number of ether oxygens (including phenoxy) is 1. The Morgan fingerprint density at radius 2 is 2.09 bits per heavy atom. The molecule has 0 bridgehead atoms. The zero-order valence-electron chi connectivity index (χ0n) is 13.4. The number of esters is 1. The largest absolute Gasteiger partial charge is 0.465 e. The van der Waals surface area contributed by atoms with Crippen molar-refractivity contribution >= 4 is 17.3 Å². The Kier molecular flexibility index (Phi) is 4.63. The molecule has 2 aromatic rings. The van der Waals surface area contributed by atoms with Crippen molar-refractivity contribution in [3.05, 3.63) is 50.3 Å². The first-order valence-electron chi connectivity index (χ1n) is 6.96. The molecule has 8 heteroatoms. The summed E-state index contributed by atoms with van der Waals surface area (Å²) >= 11 is 0. The Balaban J connectivity index is 2.35.